The molecule has 0 saturated heterocycles. The third-order valence-electron chi connectivity index (χ3n) is 1.77. The number of carbonyl (C=O) groups is 1. The van der Waals surface area contributed by atoms with Gasteiger partial charge in [-0.05, 0) is 19.2 Å². The predicted molar refractivity (Wildman–Crippen MR) is 55.5 cm³/mol. The van der Waals surface area contributed by atoms with E-state index < -0.39 is 0 Å². The van der Waals surface area contributed by atoms with Crippen molar-refractivity contribution in [2.24, 2.45) is 0 Å². The average molecular weight is 193 g/mol. The van der Waals surface area contributed by atoms with Gasteiger partial charge in [0.25, 0.3) is 0 Å². The van der Waals surface area contributed by atoms with E-state index >= 15 is 0 Å². The molecule has 1 aromatic rings. The summed E-state index contributed by atoms with van der Waals surface area (Å²) < 4.78 is 5.37. The van der Waals surface area contributed by atoms with E-state index in [0.29, 0.717) is 19.6 Å². The summed E-state index contributed by atoms with van der Waals surface area (Å²) in [7, 11) is 1.76. The van der Waals surface area contributed by atoms with Crippen molar-refractivity contribution in [2.45, 2.75) is 6.42 Å². The van der Waals surface area contributed by atoms with E-state index in [-0.39, 0.29) is 5.78 Å². The molecule has 1 rings (SSSR count). The van der Waals surface area contributed by atoms with Gasteiger partial charge in [0.2, 0.25) is 0 Å². The van der Waals surface area contributed by atoms with E-state index in [1.54, 1.807) is 7.05 Å². The zero-order chi connectivity index (χ0) is 10.2. The summed E-state index contributed by atoms with van der Waals surface area (Å²) in [5.74, 6) is 0.980. The molecule has 0 aliphatic rings. The van der Waals surface area contributed by atoms with Crippen molar-refractivity contribution < 1.29 is 9.53 Å². The maximum Gasteiger partial charge on any atom is 0.149 e. The molecule has 0 unspecified atom stereocenters. The van der Waals surface area contributed by atoms with Crippen LogP contribution in [0.4, 0.5) is 0 Å². The minimum atomic E-state index is 0.170. The summed E-state index contributed by atoms with van der Waals surface area (Å²) in [6.45, 7) is 0.864. The second-order valence-electron chi connectivity index (χ2n) is 2.98. The van der Waals surface area contributed by atoms with E-state index in [0.717, 1.165) is 5.75 Å². The Morgan fingerprint density at radius 3 is 2.71 bits per heavy atom. The van der Waals surface area contributed by atoms with Crippen LogP contribution in [-0.4, -0.2) is 26.0 Å². The molecule has 0 radical (unpaired) electrons. The van der Waals surface area contributed by atoms with Gasteiger partial charge in [0.05, 0.1) is 13.2 Å². The molecule has 1 aromatic carbocycles. The lowest BCUT2D eigenvalue weighted by Crippen LogP contribution is -2.20. The number of ketones is 1. The number of benzene rings is 1. The average Bonchev–Trinajstić information content (AvgIpc) is 2.20. The third kappa shape index (κ3) is 4.05. The van der Waals surface area contributed by atoms with Crippen LogP contribution < -0.4 is 10.1 Å². The molecule has 3 heteroatoms. The third-order valence-corrected chi connectivity index (χ3v) is 1.77. The van der Waals surface area contributed by atoms with E-state index in [2.05, 4.69) is 5.32 Å². The van der Waals surface area contributed by atoms with Crippen LogP contribution in [0.2, 0.25) is 0 Å². The van der Waals surface area contributed by atoms with Crippen LogP contribution in [-0.2, 0) is 4.79 Å². The summed E-state index contributed by atoms with van der Waals surface area (Å²) in [6.07, 6.45) is 0.454. The highest BCUT2D eigenvalue weighted by atomic mass is 16.5. The van der Waals surface area contributed by atoms with Gasteiger partial charge in [0.1, 0.15) is 11.5 Å². The zero-order valence-electron chi connectivity index (χ0n) is 8.32. The number of carbonyl (C=O) groups excluding carboxylic acids is 1. The Labute approximate surface area is 84.1 Å². The lowest BCUT2D eigenvalue weighted by atomic mass is 10.3. The molecule has 0 aliphatic heterocycles. The maximum absolute atomic E-state index is 11.1. The molecule has 76 valence electrons. The number of Topliss-reactive ketones (excluding diaryl/α,β-unsaturated/α-hetero) is 1. The van der Waals surface area contributed by atoms with Gasteiger partial charge in [0, 0.05) is 6.42 Å². The largest absolute Gasteiger partial charge is 0.493 e. The van der Waals surface area contributed by atoms with Crippen LogP contribution >= 0.6 is 0 Å². The fourth-order valence-corrected chi connectivity index (χ4v) is 1.08. The van der Waals surface area contributed by atoms with Gasteiger partial charge >= 0.3 is 0 Å². The molecule has 0 aromatic heterocycles. The van der Waals surface area contributed by atoms with E-state index in [1.807, 2.05) is 30.3 Å². The predicted octanol–water partition coefficient (Wildman–Crippen LogP) is 1.24. The van der Waals surface area contributed by atoms with Crippen molar-refractivity contribution in [3.05, 3.63) is 30.3 Å². The molecule has 0 aliphatic carbocycles. The normalized spacial score (nSPS) is 9.79. The van der Waals surface area contributed by atoms with Gasteiger partial charge in [-0.25, -0.2) is 0 Å². The van der Waals surface area contributed by atoms with Crippen molar-refractivity contribution in [1.82, 2.24) is 5.32 Å². The van der Waals surface area contributed by atoms with Crippen LogP contribution in [0.1, 0.15) is 6.42 Å². The van der Waals surface area contributed by atoms with Crippen molar-refractivity contribution in [1.29, 1.82) is 0 Å². The number of rotatable bonds is 6. The number of nitrogens with one attached hydrogen (secondary N) is 1. The van der Waals surface area contributed by atoms with Gasteiger partial charge in [0.15, 0.2) is 0 Å². The Bertz CT molecular complexity index is 272. The second-order valence-corrected chi connectivity index (χ2v) is 2.98. The first-order valence-electron chi connectivity index (χ1n) is 4.67. The molecule has 0 spiro atoms. The van der Waals surface area contributed by atoms with Gasteiger partial charge in [-0.15, -0.1) is 0 Å². The van der Waals surface area contributed by atoms with Gasteiger partial charge in [-0.3, -0.25) is 4.79 Å². The van der Waals surface area contributed by atoms with Crippen LogP contribution in [0.15, 0.2) is 30.3 Å². The highest BCUT2D eigenvalue weighted by Gasteiger charge is 1.99. The first-order chi connectivity index (χ1) is 6.83. The summed E-state index contributed by atoms with van der Waals surface area (Å²) in [6, 6.07) is 9.50. The molecule has 0 fully saturated rings. The molecule has 0 amide bonds. The minimum absolute atomic E-state index is 0.170. The molecule has 1 N–H and O–H groups in total. The fraction of sp³-hybridized carbons (Fsp3) is 0.364. The standard InChI is InChI=1S/C11H15NO2/c1-12-9-10(13)7-8-14-11-5-3-2-4-6-11/h2-6,12H,7-9H2,1H3. The number of para-hydroxylation sites is 1. The summed E-state index contributed by atoms with van der Waals surface area (Å²) in [5.41, 5.74) is 0. The Balaban J connectivity index is 2.19. The van der Waals surface area contributed by atoms with Crippen molar-refractivity contribution in [3.8, 4) is 5.75 Å². The van der Waals surface area contributed by atoms with Crippen LogP contribution in [0.3, 0.4) is 0 Å². The minimum Gasteiger partial charge on any atom is -0.493 e. The van der Waals surface area contributed by atoms with E-state index in [4.69, 9.17) is 4.74 Å². The number of likely N-dealkylation sites (N-methyl/N-ethyl adjacent to an activating group) is 1. The topological polar surface area (TPSA) is 38.3 Å². The molecule has 0 bridgehead atoms. The Morgan fingerprint density at radius 1 is 1.36 bits per heavy atom. The SMILES string of the molecule is CNCC(=O)CCOc1ccccc1. The summed E-state index contributed by atoms with van der Waals surface area (Å²) in [5, 5.41) is 2.81. The monoisotopic (exact) mass is 193 g/mol. The summed E-state index contributed by atoms with van der Waals surface area (Å²) in [4.78, 5) is 11.1. The smallest absolute Gasteiger partial charge is 0.149 e. The van der Waals surface area contributed by atoms with Crippen LogP contribution in [0.5, 0.6) is 5.75 Å². The summed E-state index contributed by atoms with van der Waals surface area (Å²) >= 11 is 0. The van der Waals surface area contributed by atoms with Crippen molar-refractivity contribution >= 4 is 5.78 Å². The highest BCUT2D eigenvalue weighted by molar-refractivity contribution is 5.80. The molecular formula is C11H15NO2. The molecule has 0 saturated carbocycles. The van der Waals surface area contributed by atoms with Crippen molar-refractivity contribution in [2.75, 3.05) is 20.2 Å². The second kappa shape index (κ2) is 6.16. The molecule has 3 nitrogen and oxygen atoms in total. The first-order valence-corrected chi connectivity index (χ1v) is 4.67. The van der Waals surface area contributed by atoms with Gasteiger partial charge in [-0.2, -0.15) is 0 Å². The molecule has 0 atom stereocenters. The molecular weight excluding hydrogens is 178 g/mol. The zero-order valence-corrected chi connectivity index (χ0v) is 8.32. The number of hydrogen-bond donors (Lipinski definition) is 1. The maximum atomic E-state index is 11.1. The Morgan fingerprint density at radius 2 is 2.07 bits per heavy atom. The van der Waals surface area contributed by atoms with Gasteiger partial charge < -0.3 is 10.1 Å². The van der Waals surface area contributed by atoms with Crippen molar-refractivity contribution in [3.63, 3.8) is 0 Å². The lowest BCUT2D eigenvalue weighted by Gasteiger charge is -2.04. The van der Waals surface area contributed by atoms with Gasteiger partial charge in [-0.1, -0.05) is 18.2 Å². The van der Waals surface area contributed by atoms with Crippen LogP contribution in [0, 0.1) is 0 Å². The number of hydrogen-bond acceptors (Lipinski definition) is 3. The fourth-order valence-electron chi connectivity index (χ4n) is 1.08. The Kier molecular flexibility index (Phi) is 4.72. The first kappa shape index (κ1) is 10.7. The quantitative estimate of drug-likeness (QED) is 0.738. The van der Waals surface area contributed by atoms with E-state index in [1.165, 1.54) is 0 Å². The highest BCUT2D eigenvalue weighted by Crippen LogP contribution is 2.08. The molecule has 14 heavy (non-hydrogen) atoms. The van der Waals surface area contributed by atoms with Crippen LogP contribution in [0.25, 0.3) is 0 Å². The molecule has 0 heterocycles. The number of ether oxygens (including phenoxy) is 1. The lowest BCUT2D eigenvalue weighted by molar-refractivity contribution is -0.118. The van der Waals surface area contributed by atoms with E-state index in [9.17, 15) is 4.79 Å². The Hall–Kier alpha value is -1.35.